The smallest absolute Gasteiger partial charge is 0.136 e. The molecule has 1 aromatic rings. The predicted molar refractivity (Wildman–Crippen MR) is 53.3 cm³/mol. The van der Waals surface area contributed by atoms with Crippen LogP contribution in [-0.4, -0.2) is 10.1 Å². The van der Waals surface area contributed by atoms with E-state index in [2.05, 4.69) is 4.98 Å². The Labute approximate surface area is 75.3 Å². The van der Waals surface area contributed by atoms with E-state index in [9.17, 15) is 0 Å². The van der Waals surface area contributed by atoms with Gasteiger partial charge in [0.1, 0.15) is 5.75 Å². The average molecular weight is 169 g/mol. The molecule has 0 atom stereocenters. The second-order valence-electron chi connectivity index (χ2n) is 1.61. The van der Waals surface area contributed by atoms with Gasteiger partial charge in [-0.05, 0) is 19.1 Å². The number of nitrogens with zero attached hydrogens (tertiary/aromatic N) is 1. The molecule has 0 aromatic carbocycles. The first-order valence-corrected chi connectivity index (χ1v) is 4.41. The Hall–Kier alpha value is -1.05. The molecule has 0 aliphatic rings. The van der Waals surface area contributed by atoms with Crippen LogP contribution in [0.4, 0.5) is 0 Å². The highest BCUT2D eigenvalue weighted by atomic mass is 16.3. The summed E-state index contributed by atoms with van der Waals surface area (Å²) in [5.74, 6) is 0.257. The molecule has 0 bridgehead atoms. The third-order valence-corrected chi connectivity index (χ3v) is 0.979. The molecule has 0 aliphatic heterocycles. The maximum Gasteiger partial charge on any atom is 0.136 e. The van der Waals surface area contributed by atoms with Crippen LogP contribution in [0, 0.1) is 6.92 Å². The molecule has 0 unspecified atom stereocenters. The minimum absolute atomic E-state index is 0.257. The number of hydrogen-bond donors (Lipinski definition) is 1. The quantitative estimate of drug-likeness (QED) is 0.647. The van der Waals surface area contributed by atoms with Gasteiger partial charge < -0.3 is 5.11 Å². The second kappa shape index (κ2) is 9.95. The lowest BCUT2D eigenvalue weighted by Crippen LogP contribution is -1.76. The topological polar surface area (TPSA) is 33.1 Å². The second-order valence-corrected chi connectivity index (χ2v) is 1.61. The summed E-state index contributed by atoms with van der Waals surface area (Å²) in [5.41, 5.74) is 0.674. The van der Waals surface area contributed by atoms with Gasteiger partial charge in [0.2, 0.25) is 0 Å². The van der Waals surface area contributed by atoms with Gasteiger partial charge in [0.15, 0.2) is 0 Å². The molecular formula is C10H19NO. The van der Waals surface area contributed by atoms with E-state index < -0.39 is 0 Å². The van der Waals surface area contributed by atoms with E-state index in [-0.39, 0.29) is 5.75 Å². The molecular weight excluding hydrogens is 150 g/mol. The van der Waals surface area contributed by atoms with Crippen LogP contribution in [0.15, 0.2) is 18.3 Å². The summed E-state index contributed by atoms with van der Waals surface area (Å²) in [6.45, 7) is 9.76. The highest BCUT2D eigenvalue weighted by molar-refractivity contribution is 5.22. The summed E-state index contributed by atoms with van der Waals surface area (Å²) < 4.78 is 0. The van der Waals surface area contributed by atoms with E-state index in [0.717, 1.165) is 0 Å². The summed E-state index contributed by atoms with van der Waals surface area (Å²) >= 11 is 0. The molecule has 0 saturated carbocycles. The van der Waals surface area contributed by atoms with Gasteiger partial charge in [-0.1, -0.05) is 27.7 Å². The monoisotopic (exact) mass is 169 g/mol. The van der Waals surface area contributed by atoms with E-state index >= 15 is 0 Å². The molecule has 12 heavy (non-hydrogen) atoms. The Balaban J connectivity index is 0. The lowest BCUT2D eigenvalue weighted by atomic mass is 10.3. The molecule has 0 radical (unpaired) electrons. The van der Waals surface area contributed by atoms with Crippen molar-refractivity contribution in [3.63, 3.8) is 0 Å². The first kappa shape index (κ1) is 13.5. The van der Waals surface area contributed by atoms with E-state index in [0.29, 0.717) is 5.69 Å². The fourth-order valence-corrected chi connectivity index (χ4v) is 0.476. The Kier molecular flexibility index (Phi) is 11.2. The number of pyridine rings is 1. The molecule has 1 heterocycles. The minimum Gasteiger partial charge on any atom is -0.506 e. The molecule has 0 fully saturated rings. The number of aromatic hydroxyl groups is 1. The minimum atomic E-state index is 0.257. The summed E-state index contributed by atoms with van der Waals surface area (Å²) in [7, 11) is 0. The van der Waals surface area contributed by atoms with Crippen molar-refractivity contribution in [2.24, 2.45) is 0 Å². The zero-order valence-corrected chi connectivity index (χ0v) is 8.63. The summed E-state index contributed by atoms with van der Waals surface area (Å²) in [6.07, 6.45) is 1.65. The fraction of sp³-hybridized carbons (Fsp3) is 0.500. The Morgan fingerprint density at radius 1 is 1.17 bits per heavy atom. The highest BCUT2D eigenvalue weighted by Crippen LogP contribution is 2.08. The van der Waals surface area contributed by atoms with Gasteiger partial charge in [-0.3, -0.25) is 4.98 Å². The number of aromatic nitrogens is 1. The first-order chi connectivity index (χ1) is 5.80. The Morgan fingerprint density at radius 2 is 1.67 bits per heavy atom. The Morgan fingerprint density at radius 3 is 1.92 bits per heavy atom. The van der Waals surface area contributed by atoms with Crippen LogP contribution in [0.1, 0.15) is 33.4 Å². The van der Waals surface area contributed by atoms with Crippen LogP contribution in [-0.2, 0) is 0 Å². The molecule has 0 amide bonds. The van der Waals surface area contributed by atoms with Crippen LogP contribution >= 0.6 is 0 Å². The summed E-state index contributed by atoms with van der Waals surface area (Å²) in [6, 6.07) is 3.31. The normalized spacial score (nSPS) is 7.08. The van der Waals surface area contributed by atoms with Crippen LogP contribution in [0.2, 0.25) is 0 Å². The maximum atomic E-state index is 8.86. The predicted octanol–water partition coefficient (Wildman–Crippen LogP) is 3.15. The molecule has 1 rings (SSSR count). The average Bonchev–Trinajstić information content (AvgIpc) is 2.17. The SMILES string of the molecule is CC.CC.Cc1ncccc1O. The van der Waals surface area contributed by atoms with Gasteiger partial charge in [-0.25, -0.2) is 0 Å². The molecule has 0 saturated heterocycles. The van der Waals surface area contributed by atoms with Crippen molar-refractivity contribution in [1.29, 1.82) is 0 Å². The maximum absolute atomic E-state index is 8.86. The van der Waals surface area contributed by atoms with E-state index in [1.54, 1.807) is 25.3 Å². The van der Waals surface area contributed by atoms with Gasteiger partial charge in [-0.15, -0.1) is 0 Å². The molecule has 1 N–H and O–H groups in total. The van der Waals surface area contributed by atoms with Crippen molar-refractivity contribution in [2.45, 2.75) is 34.6 Å². The van der Waals surface area contributed by atoms with Crippen molar-refractivity contribution in [3.8, 4) is 5.75 Å². The van der Waals surface area contributed by atoms with Gasteiger partial charge >= 0.3 is 0 Å². The summed E-state index contributed by atoms with van der Waals surface area (Å²) in [4.78, 5) is 3.83. The van der Waals surface area contributed by atoms with Crippen molar-refractivity contribution >= 4 is 0 Å². The first-order valence-electron chi connectivity index (χ1n) is 4.41. The van der Waals surface area contributed by atoms with Crippen LogP contribution < -0.4 is 0 Å². The molecule has 0 aliphatic carbocycles. The van der Waals surface area contributed by atoms with Crippen LogP contribution in [0.25, 0.3) is 0 Å². The van der Waals surface area contributed by atoms with Crippen LogP contribution in [0.3, 0.4) is 0 Å². The molecule has 70 valence electrons. The molecule has 1 aromatic heterocycles. The standard InChI is InChI=1S/C6H7NO.2C2H6/c1-5-6(8)3-2-4-7-5;2*1-2/h2-4,8H,1H3;2*1-2H3. The lowest BCUT2D eigenvalue weighted by molar-refractivity contribution is 0.467. The third-order valence-electron chi connectivity index (χ3n) is 0.979. The van der Waals surface area contributed by atoms with Gasteiger partial charge in [-0.2, -0.15) is 0 Å². The number of rotatable bonds is 0. The van der Waals surface area contributed by atoms with Crippen molar-refractivity contribution < 1.29 is 5.11 Å². The number of hydrogen-bond acceptors (Lipinski definition) is 2. The van der Waals surface area contributed by atoms with Gasteiger partial charge in [0.25, 0.3) is 0 Å². The van der Waals surface area contributed by atoms with Crippen molar-refractivity contribution in [3.05, 3.63) is 24.0 Å². The van der Waals surface area contributed by atoms with E-state index in [4.69, 9.17) is 5.11 Å². The Bertz CT molecular complexity index is 166. The van der Waals surface area contributed by atoms with Crippen LogP contribution in [0.5, 0.6) is 5.75 Å². The highest BCUT2D eigenvalue weighted by Gasteiger charge is 1.88. The van der Waals surface area contributed by atoms with Crippen molar-refractivity contribution in [2.75, 3.05) is 0 Å². The van der Waals surface area contributed by atoms with Gasteiger partial charge in [0, 0.05) is 6.20 Å². The van der Waals surface area contributed by atoms with Crippen molar-refractivity contribution in [1.82, 2.24) is 4.98 Å². The fourth-order valence-electron chi connectivity index (χ4n) is 0.476. The zero-order chi connectivity index (χ0) is 9.98. The zero-order valence-electron chi connectivity index (χ0n) is 8.63. The molecule has 0 spiro atoms. The summed E-state index contributed by atoms with van der Waals surface area (Å²) in [5, 5.41) is 8.86. The van der Waals surface area contributed by atoms with E-state index in [1.807, 2.05) is 27.7 Å². The third kappa shape index (κ3) is 5.71. The lowest BCUT2D eigenvalue weighted by Gasteiger charge is -1.91. The molecule has 2 nitrogen and oxygen atoms in total. The molecule has 2 heteroatoms. The largest absolute Gasteiger partial charge is 0.506 e. The number of aryl methyl sites for hydroxylation is 1. The van der Waals surface area contributed by atoms with Gasteiger partial charge in [0.05, 0.1) is 5.69 Å². The van der Waals surface area contributed by atoms with E-state index in [1.165, 1.54) is 0 Å².